The third-order valence-corrected chi connectivity index (χ3v) is 3.55. The first kappa shape index (κ1) is 12.3. The van der Waals surface area contributed by atoms with Gasteiger partial charge in [-0.25, -0.2) is 0 Å². The van der Waals surface area contributed by atoms with Crippen molar-refractivity contribution in [1.82, 2.24) is 5.32 Å². The van der Waals surface area contributed by atoms with Gasteiger partial charge in [0, 0.05) is 11.6 Å². The van der Waals surface area contributed by atoms with Gasteiger partial charge < -0.3 is 16.8 Å². The van der Waals surface area contributed by atoms with Crippen LogP contribution in [0.2, 0.25) is 0 Å². The Bertz CT molecular complexity index is 367. The highest BCUT2D eigenvalue weighted by Gasteiger charge is 2.46. The van der Waals surface area contributed by atoms with Gasteiger partial charge in [0.05, 0.1) is 0 Å². The minimum absolute atomic E-state index is 0.0372. The van der Waals surface area contributed by atoms with Crippen LogP contribution in [-0.4, -0.2) is 11.8 Å². The van der Waals surface area contributed by atoms with Gasteiger partial charge in [-0.1, -0.05) is 12.8 Å². The maximum absolute atomic E-state index is 12.6. The summed E-state index contributed by atoms with van der Waals surface area (Å²) in [5.41, 5.74) is 10.0. The first-order chi connectivity index (χ1) is 7.84. The Morgan fingerprint density at radius 3 is 2.35 bits per heavy atom. The van der Waals surface area contributed by atoms with Crippen LogP contribution in [0.3, 0.4) is 0 Å². The van der Waals surface area contributed by atoms with Gasteiger partial charge in [0.15, 0.2) is 0 Å². The molecule has 0 aromatic rings. The van der Waals surface area contributed by atoms with Gasteiger partial charge in [-0.15, -0.1) is 0 Å². The van der Waals surface area contributed by atoms with Crippen LogP contribution in [0.5, 0.6) is 0 Å². The van der Waals surface area contributed by atoms with E-state index in [4.69, 9.17) is 11.5 Å². The molecule has 2 rings (SSSR count). The molecule has 1 fully saturated rings. The summed E-state index contributed by atoms with van der Waals surface area (Å²) in [5.74, 6) is -0.0372. The second-order valence-electron chi connectivity index (χ2n) is 4.68. The lowest BCUT2D eigenvalue weighted by molar-refractivity contribution is -0.100. The predicted molar refractivity (Wildman–Crippen MR) is 58.4 cm³/mol. The molecule has 0 amide bonds. The molecule has 1 heterocycles. The van der Waals surface area contributed by atoms with E-state index in [2.05, 4.69) is 5.32 Å². The van der Waals surface area contributed by atoms with Crippen molar-refractivity contribution in [2.45, 2.75) is 37.5 Å². The van der Waals surface area contributed by atoms with Crippen molar-refractivity contribution in [1.29, 1.82) is 0 Å². The number of halogens is 3. The van der Waals surface area contributed by atoms with E-state index < -0.39 is 17.5 Å². The molecule has 0 bridgehead atoms. The lowest BCUT2D eigenvalue weighted by Crippen LogP contribution is -2.63. The molecule has 0 radical (unpaired) electrons. The highest BCUT2D eigenvalue weighted by atomic mass is 19.4. The topological polar surface area (TPSA) is 64.1 Å². The van der Waals surface area contributed by atoms with Crippen LogP contribution in [0, 0.1) is 5.92 Å². The molecule has 0 aromatic heterocycles. The van der Waals surface area contributed by atoms with E-state index in [0.717, 1.165) is 31.8 Å². The lowest BCUT2D eigenvalue weighted by atomic mass is 9.86. The molecule has 1 unspecified atom stereocenters. The van der Waals surface area contributed by atoms with Gasteiger partial charge in [-0.3, -0.25) is 0 Å². The van der Waals surface area contributed by atoms with Crippen molar-refractivity contribution < 1.29 is 13.2 Å². The Balaban J connectivity index is 2.26. The Labute approximate surface area is 97.7 Å². The second kappa shape index (κ2) is 3.94. The predicted octanol–water partition coefficient (Wildman–Crippen LogP) is 1.72. The van der Waals surface area contributed by atoms with Crippen LogP contribution in [0.15, 0.2) is 23.5 Å². The van der Waals surface area contributed by atoms with Crippen LogP contribution in [0.25, 0.3) is 0 Å². The number of rotatable bonds is 1. The van der Waals surface area contributed by atoms with Gasteiger partial charge in [-0.05, 0) is 25.0 Å². The first-order valence-electron chi connectivity index (χ1n) is 5.66. The van der Waals surface area contributed by atoms with Crippen molar-refractivity contribution in [3.8, 4) is 0 Å². The summed E-state index contributed by atoms with van der Waals surface area (Å²) in [5, 5.41) is 2.38. The van der Waals surface area contributed by atoms with E-state index >= 15 is 0 Å². The molecule has 17 heavy (non-hydrogen) atoms. The summed E-state index contributed by atoms with van der Waals surface area (Å²) in [4.78, 5) is 0. The first-order valence-corrected chi connectivity index (χ1v) is 5.66. The van der Waals surface area contributed by atoms with Crippen molar-refractivity contribution >= 4 is 0 Å². The van der Waals surface area contributed by atoms with Crippen molar-refractivity contribution in [2.75, 3.05) is 0 Å². The Hall–Kier alpha value is -1.17. The van der Waals surface area contributed by atoms with Crippen LogP contribution in [-0.2, 0) is 0 Å². The average Bonchev–Trinajstić information content (AvgIpc) is 2.74. The normalized spacial score (nSPS) is 30.8. The molecule has 6 heteroatoms. The number of allylic oxidation sites excluding steroid dienone is 3. The summed E-state index contributed by atoms with van der Waals surface area (Å²) in [7, 11) is 0. The molecule has 2 aliphatic rings. The zero-order valence-corrected chi connectivity index (χ0v) is 9.35. The molecule has 3 nitrogen and oxygen atoms in total. The summed E-state index contributed by atoms with van der Waals surface area (Å²) < 4.78 is 37.9. The van der Waals surface area contributed by atoms with Crippen LogP contribution in [0.4, 0.5) is 13.2 Å². The molecule has 0 aromatic carbocycles. The van der Waals surface area contributed by atoms with Gasteiger partial charge in [0.25, 0.3) is 0 Å². The number of alkyl halides is 3. The van der Waals surface area contributed by atoms with Crippen LogP contribution < -0.4 is 16.8 Å². The number of hydrogen-bond donors (Lipinski definition) is 3. The minimum atomic E-state index is -4.42. The molecular formula is C11H16F3N3. The molecule has 5 N–H and O–H groups in total. The monoisotopic (exact) mass is 247 g/mol. The van der Waals surface area contributed by atoms with Crippen LogP contribution >= 0.6 is 0 Å². The molecule has 1 atom stereocenters. The van der Waals surface area contributed by atoms with E-state index in [9.17, 15) is 13.2 Å². The van der Waals surface area contributed by atoms with E-state index in [1.165, 1.54) is 6.08 Å². The molecule has 0 spiro atoms. The number of nitrogens with one attached hydrogen (secondary N) is 1. The molecule has 96 valence electrons. The van der Waals surface area contributed by atoms with Gasteiger partial charge in [0.1, 0.15) is 11.4 Å². The van der Waals surface area contributed by atoms with Crippen molar-refractivity contribution in [3.63, 3.8) is 0 Å². The maximum atomic E-state index is 12.6. The third-order valence-electron chi connectivity index (χ3n) is 3.55. The fourth-order valence-corrected chi connectivity index (χ4v) is 2.53. The zero-order chi connectivity index (χ0) is 12.7. The van der Waals surface area contributed by atoms with Gasteiger partial charge in [0.2, 0.25) is 0 Å². The molecule has 1 saturated carbocycles. The zero-order valence-electron chi connectivity index (χ0n) is 9.35. The van der Waals surface area contributed by atoms with Gasteiger partial charge >= 0.3 is 6.18 Å². The minimum Gasteiger partial charge on any atom is -0.399 e. The van der Waals surface area contributed by atoms with E-state index in [1.807, 2.05) is 0 Å². The Morgan fingerprint density at radius 1 is 1.24 bits per heavy atom. The molecule has 1 aliphatic heterocycles. The molecular weight excluding hydrogens is 231 g/mol. The smallest absolute Gasteiger partial charge is 0.399 e. The largest absolute Gasteiger partial charge is 0.430 e. The maximum Gasteiger partial charge on any atom is 0.430 e. The summed E-state index contributed by atoms with van der Waals surface area (Å²) >= 11 is 0. The molecule has 0 saturated heterocycles. The molecule has 1 aliphatic carbocycles. The van der Waals surface area contributed by atoms with E-state index in [-0.39, 0.29) is 11.6 Å². The number of hydrogen-bond acceptors (Lipinski definition) is 3. The lowest BCUT2D eigenvalue weighted by Gasteiger charge is -2.40. The van der Waals surface area contributed by atoms with Crippen molar-refractivity contribution in [2.24, 2.45) is 17.4 Å². The average molecular weight is 247 g/mol. The fraction of sp³-hybridized carbons (Fsp3) is 0.636. The number of dihydropyridines is 1. The quantitative estimate of drug-likeness (QED) is 0.661. The highest BCUT2D eigenvalue weighted by Crippen LogP contribution is 2.38. The van der Waals surface area contributed by atoms with E-state index in [0.29, 0.717) is 0 Å². The summed E-state index contributed by atoms with van der Waals surface area (Å²) in [6.45, 7) is 0. The standard InChI is InChI=1S/C11H16F3N3/c12-11(13,14)9-6-5-8(15)10(16,17-9)7-3-1-2-4-7/h5-7,17H,1-4,15-16H2. The third kappa shape index (κ3) is 2.13. The van der Waals surface area contributed by atoms with E-state index in [1.54, 1.807) is 0 Å². The SMILES string of the molecule is NC1=CC=C(C(F)(F)F)NC1(N)C1CCCC1. The fourth-order valence-electron chi connectivity index (χ4n) is 2.53. The van der Waals surface area contributed by atoms with Crippen molar-refractivity contribution in [3.05, 3.63) is 23.5 Å². The van der Waals surface area contributed by atoms with Crippen LogP contribution in [0.1, 0.15) is 25.7 Å². The highest BCUT2D eigenvalue weighted by molar-refractivity contribution is 5.33. The second-order valence-corrected chi connectivity index (χ2v) is 4.68. The number of nitrogens with two attached hydrogens (primary N) is 2. The van der Waals surface area contributed by atoms with Gasteiger partial charge in [-0.2, -0.15) is 13.2 Å². The summed E-state index contributed by atoms with van der Waals surface area (Å²) in [6.07, 6.45) is 1.38. The Kier molecular flexibility index (Phi) is 2.85. The summed E-state index contributed by atoms with van der Waals surface area (Å²) in [6, 6.07) is 0. The Morgan fingerprint density at radius 2 is 1.82 bits per heavy atom.